The first-order valence-corrected chi connectivity index (χ1v) is 6.08. The van der Waals surface area contributed by atoms with Gasteiger partial charge in [0.05, 0.1) is 11.3 Å². The summed E-state index contributed by atoms with van der Waals surface area (Å²) in [5.74, 6) is -0.870. The number of allylic oxidation sites excluding steroid dienone is 3. The third-order valence-electron chi connectivity index (χ3n) is 2.43. The molecule has 0 radical (unpaired) electrons. The molecule has 1 amide bonds. The van der Waals surface area contributed by atoms with Gasteiger partial charge in [0.15, 0.2) is 5.84 Å². The SMILES string of the molecule is CCNC(=O)C(C)=NC(=N)C(C(=N)N)=C1C=CC=CN1. The largest absolute Gasteiger partial charge is 0.384 e. The number of hydrogen-bond donors (Lipinski definition) is 5. The molecule has 0 aromatic rings. The summed E-state index contributed by atoms with van der Waals surface area (Å²) in [5.41, 5.74) is 6.29. The number of nitrogens with one attached hydrogen (secondary N) is 4. The number of dihydropyridines is 1. The van der Waals surface area contributed by atoms with Crippen LogP contribution in [0, 0.1) is 10.8 Å². The van der Waals surface area contributed by atoms with E-state index in [1.54, 1.807) is 31.4 Å². The van der Waals surface area contributed by atoms with Crippen LogP contribution in [0.4, 0.5) is 0 Å². The van der Waals surface area contributed by atoms with Gasteiger partial charge in [0.25, 0.3) is 5.91 Å². The Morgan fingerprint density at radius 1 is 1.45 bits per heavy atom. The van der Waals surface area contributed by atoms with E-state index in [1.807, 2.05) is 0 Å². The first-order chi connectivity index (χ1) is 9.47. The summed E-state index contributed by atoms with van der Waals surface area (Å²) in [4.78, 5) is 15.5. The average molecular weight is 274 g/mol. The van der Waals surface area contributed by atoms with Crippen LogP contribution in [0.15, 0.2) is 40.7 Å². The fourth-order valence-corrected chi connectivity index (χ4v) is 1.51. The second-order valence-electron chi connectivity index (χ2n) is 3.97. The maximum Gasteiger partial charge on any atom is 0.265 e. The Kier molecular flexibility index (Phi) is 5.40. The number of nitrogens with zero attached hydrogens (tertiary/aromatic N) is 1. The zero-order valence-corrected chi connectivity index (χ0v) is 11.4. The first kappa shape index (κ1) is 15.4. The zero-order valence-electron chi connectivity index (χ0n) is 11.4. The molecule has 1 aliphatic heterocycles. The molecule has 0 saturated carbocycles. The monoisotopic (exact) mass is 274 g/mol. The molecule has 7 heteroatoms. The highest BCUT2D eigenvalue weighted by atomic mass is 16.1. The number of amides is 1. The minimum atomic E-state index is -0.350. The van der Waals surface area contributed by atoms with Crippen molar-refractivity contribution in [2.24, 2.45) is 10.7 Å². The molecule has 1 heterocycles. The Hall–Kier alpha value is -2.70. The Balaban J connectivity index is 3.06. The van der Waals surface area contributed by atoms with Crippen LogP contribution in [-0.2, 0) is 4.79 Å². The second kappa shape index (κ2) is 7.03. The van der Waals surface area contributed by atoms with Gasteiger partial charge >= 0.3 is 0 Å². The number of amidine groups is 2. The molecular formula is C13H18N6O. The van der Waals surface area contributed by atoms with Gasteiger partial charge < -0.3 is 16.4 Å². The molecule has 20 heavy (non-hydrogen) atoms. The summed E-state index contributed by atoms with van der Waals surface area (Å²) in [7, 11) is 0. The Morgan fingerprint density at radius 2 is 2.15 bits per heavy atom. The molecule has 6 N–H and O–H groups in total. The normalized spacial score (nSPS) is 16.4. The van der Waals surface area contributed by atoms with E-state index in [2.05, 4.69) is 15.6 Å². The Bertz CT molecular complexity index is 553. The first-order valence-electron chi connectivity index (χ1n) is 6.08. The van der Waals surface area contributed by atoms with E-state index in [-0.39, 0.29) is 28.9 Å². The van der Waals surface area contributed by atoms with Crippen LogP contribution in [0.1, 0.15) is 13.8 Å². The van der Waals surface area contributed by atoms with E-state index < -0.39 is 0 Å². The molecule has 0 unspecified atom stereocenters. The van der Waals surface area contributed by atoms with Crippen molar-refractivity contribution in [3.8, 4) is 0 Å². The fourth-order valence-electron chi connectivity index (χ4n) is 1.51. The summed E-state index contributed by atoms with van der Waals surface area (Å²) in [6.45, 7) is 3.78. The van der Waals surface area contributed by atoms with Crippen LogP contribution < -0.4 is 16.4 Å². The van der Waals surface area contributed by atoms with Crippen molar-refractivity contribution in [1.29, 1.82) is 10.8 Å². The van der Waals surface area contributed by atoms with Gasteiger partial charge in [-0.05, 0) is 26.0 Å². The van der Waals surface area contributed by atoms with Crippen LogP contribution in [0.2, 0.25) is 0 Å². The summed E-state index contributed by atoms with van der Waals surface area (Å²) in [6.07, 6.45) is 6.87. The third kappa shape index (κ3) is 3.91. The number of carbonyl (C=O) groups is 1. The van der Waals surface area contributed by atoms with E-state index >= 15 is 0 Å². The number of hydrogen-bond acceptors (Lipinski definition) is 4. The highest BCUT2D eigenvalue weighted by molar-refractivity contribution is 6.41. The second-order valence-corrected chi connectivity index (χ2v) is 3.97. The average Bonchev–Trinajstić information content (AvgIpc) is 2.39. The highest BCUT2D eigenvalue weighted by Crippen LogP contribution is 2.09. The molecule has 1 rings (SSSR count). The highest BCUT2D eigenvalue weighted by Gasteiger charge is 2.15. The number of nitrogens with two attached hydrogens (primary N) is 1. The van der Waals surface area contributed by atoms with Crippen LogP contribution >= 0.6 is 0 Å². The van der Waals surface area contributed by atoms with Gasteiger partial charge in [-0.15, -0.1) is 0 Å². The molecule has 0 aromatic heterocycles. The van der Waals surface area contributed by atoms with Crippen LogP contribution in [-0.4, -0.2) is 29.8 Å². The van der Waals surface area contributed by atoms with E-state index in [4.69, 9.17) is 16.6 Å². The molecule has 7 nitrogen and oxygen atoms in total. The van der Waals surface area contributed by atoms with Crippen molar-refractivity contribution in [3.63, 3.8) is 0 Å². The smallest absolute Gasteiger partial charge is 0.265 e. The zero-order chi connectivity index (χ0) is 15.1. The minimum absolute atomic E-state index is 0.145. The predicted molar refractivity (Wildman–Crippen MR) is 79.9 cm³/mol. The van der Waals surface area contributed by atoms with Crippen molar-refractivity contribution < 1.29 is 4.79 Å². The lowest BCUT2D eigenvalue weighted by Gasteiger charge is -2.12. The summed E-state index contributed by atoms with van der Waals surface area (Å²) >= 11 is 0. The van der Waals surface area contributed by atoms with E-state index in [0.29, 0.717) is 12.2 Å². The van der Waals surface area contributed by atoms with Gasteiger partial charge in [0, 0.05) is 12.7 Å². The van der Waals surface area contributed by atoms with Crippen LogP contribution in [0.25, 0.3) is 0 Å². The Morgan fingerprint density at radius 3 is 2.65 bits per heavy atom. The number of aliphatic imine (C=N–C) groups is 1. The van der Waals surface area contributed by atoms with Crippen molar-refractivity contribution in [1.82, 2.24) is 10.6 Å². The molecule has 0 fully saturated rings. The Labute approximate surface area is 117 Å². The fraction of sp³-hybridized carbons (Fsp3) is 0.231. The third-order valence-corrected chi connectivity index (χ3v) is 2.43. The van der Waals surface area contributed by atoms with Gasteiger partial charge in [-0.1, -0.05) is 6.08 Å². The van der Waals surface area contributed by atoms with Crippen LogP contribution in [0.5, 0.6) is 0 Å². The van der Waals surface area contributed by atoms with Crippen LogP contribution in [0.3, 0.4) is 0 Å². The minimum Gasteiger partial charge on any atom is -0.384 e. The lowest BCUT2D eigenvalue weighted by molar-refractivity contribution is -0.114. The van der Waals surface area contributed by atoms with Gasteiger partial charge in [-0.2, -0.15) is 0 Å². The standard InChI is InChI=1S/C13H18N6O/c1-3-17-13(20)8(2)19-12(16)10(11(14)15)9-6-4-5-7-18-9/h4-7,16,18H,3H2,1-2H3,(H3,14,15)(H,17,20). The molecule has 0 atom stereocenters. The molecule has 106 valence electrons. The number of rotatable bonds is 4. The van der Waals surface area contributed by atoms with Gasteiger partial charge in [0.2, 0.25) is 0 Å². The predicted octanol–water partition coefficient (Wildman–Crippen LogP) is 0.424. The number of carbonyl (C=O) groups excluding carboxylic acids is 1. The molecule has 0 spiro atoms. The molecular weight excluding hydrogens is 256 g/mol. The van der Waals surface area contributed by atoms with E-state index in [1.165, 1.54) is 6.92 Å². The molecule has 0 aliphatic carbocycles. The molecule has 0 bridgehead atoms. The topological polar surface area (TPSA) is 127 Å². The van der Waals surface area contributed by atoms with Crippen molar-refractivity contribution in [2.75, 3.05) is 6.54 Å². The van der Waals surface area contributed by atoms with Crippen molar-refractivity contribution >= 4 is 23.3 Å². The molecule has 0 aromatic carbocycles. The quantitative estimate of drug-likeness (QED) is 0.376. The van der Waals surface area contributed by atoms with Gasteiger partial charge in [-0.25, -0.2) is 4.99 Å². The van der Waals surface area contributed by atoms with Crippen molar-refractivity contribution in [2.45, 2.75) is 13.8 Å². The summed E-state index contributed by atoms with van der Waals surface area (Å²) in [6, 6.07) is 0. The molecule has 1 aliphatic rings. The lowest BCUT2D eigenvalue weighted by atomic mass is 10.1. The van der Waals surface area contributed by atoms with Crippen molar-refractivity contribution in [3.05, 3.63) is 35.7 Å². The van der Waals surface area contributed by atoms with E-state index in [9.17, 15) is 4.79 Å². The maximum absolute atomic E-state index is 11.6. The maximum atomic E-state index is 11.6. The lowest BCUT2D eigenvalue weighted by Crippen LogP contribution is -2.31. The van der Waals surface area contributed by atoms with E-state index in [0.717, 1.165) is 0 Å². The molecule has 0 saturated heterocycles. The van der Waals surface area contributed by atoms with Gasteiger partial charge in [-0.3, -0.25) is 15.6 Å². The summed E-state index contributed by atoms with van der Waals surface area (Å²) in [5, 5.41) is 21.0. The summed E-state index contributed by atoms with van der Waals surface area (Å²) < 4.78 is 0. The van der Waals surface area contributed by atoms with Gasteiger partial charge in [0.1, 0.15) is 11.5 Å².